The lowest BCUT2D eigenvalue weighted by atomic mass is 9.94. The van der Waals surface area contributed by atoms with Crippen LogP contribution < -0.4 is 10.6 Å². The molecule has 50 heavy (non-hydrogen) atoms. The summed E-state index contributed by atoms with van der Waals surface area (Å²) in [7, 11) is 0. The van der Waals surface area contributed by atoms with Crippen molar-refractivity contribution in [2.24, 2.45) is 0 Å². The molecular formula is C45H51FN4. The van der Waals surface area contributed by atoms with Crippen molar-refractivity contribution in [3.63, 3.8) is 0 Å². The zero-order chi connectivity index (χ0) is 35.5. The topological polar surface area (TPSA) is 47.7 Å². The van der Waals surface area contributed by atoms with Gasteiger partial charge in [0.2, 0.25) is 0 Å². The summed E-state index contributed by atoms with van der Waals surface area (Å²) in [5, 5.41) is 9.82. The molecule has 4 nitrogen and oxygen atoms in total. The number of hydrogen-bond donors (Lipinski definition) is 2. The van der Waals surface area contributed by atoms with Gasteiger partial charge in [-0.15, -0.1) is 0 Å². The number of likely N-dealkylation sites (tertiary alicyclic amines) is 1. The van der Waals surface area contributed by atoms with Gasteiger partial charge in [-0.3, -0.25) is 5.10 Å². The highest BCUT2D eigenvalue weighted by Gasteiger charge is 2.17. The van der Waals surface area contributed by atoms with Gasteiger partial charge in [0.15, 0.2) is 0 Å². The summed E-state index contributed by atoms with van der Waals surface area (Å²) >= 11 is 0. The summed E-state index contributed by atoms with van der Waals surface area (Å²) in [5.74, 6) is -0.221. The first-order valence-electron chi connectivity index (χ1n) is 17.8. The van der Waals surface area contributed by atoms with Crippen LogP contribution in [0.1, 0.15) is 67.5 Å². The summed E-state index contributed by atoms with van der Waals surface area (Å²) in [5.41, 5.74) is 10.8. The van der Waals surface area contributed by atoms with Gasteiger partial charge in [0.05, 0.1) is 11.0 Å². The van der Waals surface area contributed by atoms with Crippen LogP contribution in [0.2, 0.25) is 0 Å². The number of aryl methyl sites for hydroxylation is 3. The van der Waals surface area contributed by atoms with Crippen molar-refractivity contribution in [2.75, 3.05) is 19.6 Å². The van der Waals surface area contributed by atoms with Crippen LogP contribution in [0.4, 0.5) is 4.39 Å². The minimum atomic E-state index is -0.221. The molecule has 0 aliphatic carbocycles. The fourth-order valence-electron chi connectivity index (χ4n) is 6.81. The molecule has 1 saturated heterocycles. The number of nitrogens with one attached hydrogen (secondary N) is 2. The Bertz CT molecular complexity index is 2030. The predicted octanol–water partition coefficient (Wildman–Crippen LogP) is 9.33. The third-order valence-corrected chi connectivity index (χ3v) is 9.52. The fourth-order valence-corrected chi connectivity index (χ4v) is 6.81. The van der Waals surface area contributed by atoms with Crippen molar-refractivity contribution in [2.45, 2.75) is 59.3 Å². The first kappa shape index (κ1) is 36.3. The molecule has 0 saturated carbocycles. The molecule has 258 valence electrons. The molecule has 0 atom stereocenters. The van der Waals surface area contributed by atoms with E-state index >= 15 is 4.39 Å². The number of benzene rings is 2. The highest BCUT2D eigenvalue weighted by Crippen LogP contribution is 2.31. The molecule has 1 aliphatic heterocycles. The molecule has 0 bridgehead atoms. The van der Waals surface area contributed by atoms with E-state index in [1.807, 2.05) is 45.1 Å². The number of allylic oxidation sites excluding steroid dienone is 8. The van der Waals surface area contributed by atoms with Crippen molar-refractivity contribution in [3.8, 4) is 11.4 Å². The van der Waals surface area contributed by atoms with E-state index in [0.29, 0.717) is 0 Å². The molecule has 0 spiro atoms. The predicted molar refractivity (Wildman–Crippen MR) is 211 cm³/mol. The number of aromatic nitrogens is 3. The summed E-state index contributed by atoms with van der Waals surface area (Å²) in [4.78, 5) is 6.08. The third-order valence-electron chi connectivity index (χ3n) is 9.52. The van der Waals surface area contributed by atoms with Gasteiger partial charge in [0.1, 0.15) is 11.5 Å². The SMILES string of the molecule is C=C/C=C(/c1cc(F)cc(CCCN2CCCC2)c1)c1cc(-c2n[nH]c(=C/C)/c2=C\C(=C)C(/C=C(\C=C)CCc2ccccc2)=C/C)[nH]c1C. The van der Waals surface area contributed by atoms with Gasteiger partial charge in [-0.1, -0.05) is 92.6 Å². The Morgan fingerprint density at radius 2 is 1.78 bits per heavy atom. The number of aromatic amines is 2. The number of halogens is 1. The summed E-state index contributed by atoms with van der Waals surface area (Å²) in [6.45, 7) is 22.0. The second-order valence-electron chi connectivity index (χ2n) is 13.0. The number of rotatable bonds is 15. The molecule has 1 aliphatic rings. The zero-order valence-electron chi connectivity index (χ0n) is 30.0. The van der Waals surface area contributed by atoms with Crippen LogP contribution in [0.15, 0.2) is 121 Å². The van der Waals surface area contributed by atoms with Crippen LogP contribution >= 0.6 is 0 Å². The monoisotopic (exact) mass is 666 g/mol. The normalized spacial score (nSPS) is 15.2. The first-order valence-corrected chi connectivity index (χ1v) is 17.8. The van der Waals surface area contributed by atoms with Crippen LogP contribution in [0, 0.1) is 12.7 Å². The van der Waals surface area contributed by atoms with E-state index in [9.17, 15) is 0 Å². The Morgan fingerprint density at radius 3 is 2.48 bits per heavy atom. The minimum Gasteiger partial charge on any atom is -0.357 e. The van der Waals surface area contributed by atoms with Crippen LogP contribution in [-0.2, 0) is 12.8 Å². The number of hydrogen-bond acceptors (Lipinski definition) is 2. The first-order chi connectivity index (χ1) is 24.3. The molecule has 0 unspecified atom stereocenters. The van der Waals surface area contributed by atoms with E-state index in [4.69, 9.17) is 5.10 Å². The quantitative estimate of drug-likeness (QED) is 0.124. The number of nitrogens with zero attached hydrogens (tertiary/aromatic N) is 2. The summed E-state index contributed by atoms with van der Waals surface area (Å²) in [6.07, 6.45) is 20.3. The van der Waals surface area contributed by atoms with E-state index in [1.165, 1.54) is 31.5 Å². The van der Waals surface area contributed by atoms with Gasteiger partial charge in [0.25, 0.3) is 0 Å². The molecule has 1 fully saturated rings. The number of H-pyrrole nitrogens is 2. The molecule has 2 aromatic heterocycles. The molecule has 0 amide bonds. The smallest absolute Gasteiger partial charge is 0.124 e. The Labute approximate surface area is 297 Å². The molecule has 5 rings (SSSR count). The van der Waals surface area contributed by atoms with E-state index in [2.05, 4.69) is 89.3 Å². The van der Waals surface area contributed by atoms with Crippen LogP contribution in [0.3, 0.4) is 0 Å². The highest BCUT2D eigenvalue weighted by molar-refractivity contribution is 5.84. The van der Waals surface area contributed by atoms with E-state index in [1.54, 1.807) is 18.2 Å². The molecule has 4 aromatic rings. The minimum absolute atomic E-state index is 0.221. The van der Waals surface area contributed by atoms with Gasteiger partial charge in [0, 0.05) is 16.5 Å². The van der Waals surface area contributed by atoms with E-state index < -0.39 is 0 Å². The molecule has 3 heterocycles. The summed E-state index contributed by atoms with van der Waals surface area (Å²) < 4.78 is 15.1. The molecule has 2 aromatic carbocycles. The van der Waals surface area contributed by atoms with Gasteiger partial charge in [-0.05, 0) is 142 Å². The van der Waals surface area contributed by atoms with Crippen LogP contribution in [0.5, 0.6) is 0 Å². The third kappa shape index (κ3) is 9.16. The highest BCUT2D eigenvalue weighted by atomic mass is 19.1. The van der Waals surface area contributed by atoms with Crippen molar-refractivity contribution in [1.82, 2.24) is 20.1 Å². The van der Waals surface area contributed by atoms with Crippen molar-refractivity contribution >= 4 is 17.7 Å². The molecule has 5 heteroatoms. The lowest BCUT2D eigenvalue weighted by Crippen LogP contribution is -2.23. The largest absolute Gasteiger partial charge is 0.357 e. The van der Waals surface area contributed by atoms with Crippen LogP contribution in [0.25, 0.3) is 29.1 Å². The average Bonchev–Trinajstić information content (AvgIpc) is 3.88. The molecule has 2 N–H and O–H groups in total. The van der Waals surface area contributed by atoms with Gasteiger partial charge in [-0.2, -0.15) is 5.10 Å². The lowest BCUT2D eigenvalue weighted by Gasteiger charge is -2.15. The maximum absolute atomic E-state index is 15.1. The Kier molecular flexibility index (Phi) is 12.8. The second kappa shape index (κ2) is 17.6. The Hall–Kier alpha value is -5.00. The van der Waals surface area contributed by atoms with Gasteiger partial charge < -0.3 is 9.88 Å². The molecule has 0 radical (unpaired) electrons. The lowest BCUT2D eigenvalue weighted by molar-refractivity contribution is 0.334. The second-order valence-corrected chi connectivity index (χ2v) is 13.0. The fraction of sp³-hybridized carbons (Fsp3) is 0.267. The maximum atomic E-state index is 15.1. The van der Waals surface area contributed by atoms with Crippen molar-refractivity contribution in [3.05, 3.63) is 166 Å². The molecular weight excluding hydrogens is 616 g/mol. The average molecular weight is 667 g/mol. The van der Waals surface area contributed by atoms with Crippen molar-refractivity contribution in [1.29, 1.82) is 0 Å². The zero-order valence-corrected chi connectivity index (χ0v) is 30.0. The van der Waals surface area contributed by atoms with Gasteiger partial charge in [-0.25, -0.2) is 4.39 Å². The van der Waals surface area contributed by atoms with Crippen LogP contribution in [-0.4, -0.2) is 39.7 Å². The standard InChI is InChI=1S/C45H51FN4/c1-7-17-40(38-28-36(29-39(46)30-38)20-16-25-50-23-14-15-24-50)41-31-44(47-33(41)6)45-42(43(10-4)48-49-45)26-32(5)37(9-3)27-34(8-2)21-22-35-18-12-11-13-19-35/h7-13,17-19,26-31,47-48H,1-2,5,14-16,20-25H2,3-4,6H3/b34-27+,37-9+,40-17-,42-26+,43-10+. The van der Waals surface area contributed by atoms with Gasteiger partial charge >= 0.3 is 0 Å². The maximum Gasteiger partial charge on any atom is 0.124 e. The Morgan fingerprint density at radius 1 is 1.00 bits per heavy atom. The van der Waals surface area contributed by atoms with E-state index in [-0.39, 0.29) is 5.82 Å². The van der Waals surface area contributed by atoms with Crippen molar-refractivity contribution < 1.29 is 4.39 Å². The Balaban J connectivity index is 1.43. The van der Waals surface area contributed by atoms with E-state index in [0.717, 1.165) is 98.9 Å². The summed E-state index contributed by atoms with van der Waals surface area (Å²) in [6, 6.07) is 18.0.